The van der Waals surface area contributed by atoms with Crippen LogP contribution in [0.25, 0.3) is 0 Å². The summed E-state index contributed by atoms with van der Waals surface area (Å²) in [5, 5.41) is 7.25. The number of aromatic nitrogens is 2. The summed E-state index contributed by atoms with van der Waals surface area (Å²) in [5.41, 5.74) is 1.65. The summed E-state index contributed by atoms with van der Waals surface area (Å²) < 4.78 is 5.49. The van der Waals surface area contributed by atoms with Crippen LogP contribution in [0.2, 0.25) is 0 Å². The third kappa shape index (κ3) is 3.46. The number of ether oxygens (including phenoxy) is 1. The van der Waals surface area contributed by atoms with E-state index in [9.17, 15) is 4.79 Å². The maximum Gasteiger partial charge on any atom is 0.425 e. The fourth-order valence-corrected chi connectivity index (χ4v) is 2.28. The zero-order chi connectivity index (χ0) is 16.9. The lowest BCUT2D eigenvalue weighted by Gasteiger charge is -2.19. The highest BCUT2D eigenvalue weighted by molar-refractivity contribution is 5.96. The third-order valence-electron chi connectivity index (χ3n) is 3.58. The lowest BCUT2D eigenvalue weighted by Crippen LogP contribution is -2.29. The van der Waals surface area contributed by atoms with Gasteiger partial charge in [-0.25, -0.2) is 9.69 Å². The molecular formula is C19H19N3O2. The molecule has 0 saturated carbocycles. The predicted molar refractivity (Wildman–Crippen MR) is 93.7 cm³/mol. The van der Waals surface area contributed by atoms with E-state index in [1.807, 2.05) is 54.6 Å². The summed E-state index contributed by atoms with van der Waals surface area (Å²) >= 11 is 0. The average Bonchev–Trinajstić information content (AvgIpc) is 3.07. The molecule has 2 aromatic carbocycles. The maximum atomic E-state index is 12.7. The van der Waals surface area contributed by atoms with Crippen LogP contribution in [0.5, 0.6) is 5.75 Å². The molecule has 1 heterocycles. The SMILES string of the molecule is CC(C)c1cc(N(C(=O)Oc2ccccc2)c2ccccc2)n[nH]1. The molecule has 1 amide bonds. The van der Waals surface area contributed by atoms with Crippen molar-refractivity contribution in [3.63, 3.8) is 0 Å². The van der Waals surface area contributed by atoms with Crippen LogP contribution in [0.1, 0.15) is 25.5 Å². The molecule has 0 unspecified atom stereocenters. The maximum absolute atomic E-state index is 12.7. The van der Waals surface area contributed by atoms with E-state index in [4.69, 9.17) is 4.74 Å². The minimum absolute atomic E-state index is 0.286. The number of H-pyrrole nitrogens is 1. The Bertz CT molecular complexity index is 798. The standard InChI is InChI=1S/C19H19N3O2/c1-14(2)17-13-18(21-20-17)22(15-9-5-3-6-10-15)19(23)24-16-11-7-4-8-12-16/h3-14H,1-2H3,(H,20,21). The van der Waals surface area contributed by atoms with E-state index in [2.05, 4.69) is 24.0 Å². The summed E-state index contributed by atoms with van der Waals surface area (Å²) in [4.78, 5) is 14.2. The molecule has 0 aliphatic carbocycles. The summed E-state index contributed by atoms with van der Waals surface area (Å²) in [5.74, 6) is 1.28. The summed E-state index contributed by atoms with van der Waals surface area (Å²) in [6.45, 7) is 4.12. The number of carbonyl (C=O) groups excluding carboxylic acids is 1. The van der Waals surface area contributed by atoms with Gasteiger partial charge in [0.2, 0.25) is 0 Å². The summed E-state index contributed by atoms with van der Waals surface area (Å²) in [7, 11) is 0. The second-order valence-corrected chi connectivity index (χ2v) is 5.69. The number of anilines is 2. The van der Waals surface area contributed by atoms with Gasteiger partial charge in [-0.15, -0.1) is 0 Å². The molecule has 0 bridgehead atoms. The van der Waals surface area contributed by atoms with E-state index in [0.717, 1.165) is 5.69 Å². The average molecular weight is 321 g/mol. The number of nitrogens with one attached hydrogen (secondary N) is 1. The molecule has 0 aliphatic heterocycles. The van der Waals surface area contributed by atoms with Crippen molar-refractivity contribution in [1.82, 2.24) is 10.2 Å². The Balaban J connectivity index is 1.94. The summed E-state index contributed by atoms with van der Waals surface area (Å²) in [6, 6.07) is 20.2. The molecule has 0 saturated heterocycles. The van der Waals surface area contributed by atoms with E-state index in [1.54, 1.807) is 12.1 Å². The molecule has 122 valence electrons. The van der Waals surface area contributed by atoms with Gasteiger partial charge in [0.1, 0.15) is 5.75 Å². The number of carbonyl (C=O) groups is 1. The number of rotatable bonds is 4. The number of benzene rings is 2. The Morgan fingerprint density at radius 3 is 2.25 bits per heavy atom. The third-order valence-corrected chi connectivity index (χ3v) is 3.58. The van der Waals surface area contributed by atoms with Crippen molar-refractivity contribution in [2.75, 3.05) is 4.90 Å². The van der Waals surface area contributed by atoms with Crippen LogP contribution in [0.4, 0.5) is 16.3 Å². The Hall–Kier alpha value is -3.08. The minimum atomic E-state index is -0.505. The first-order valence-corrected chi connectivity index (χ1v) is 7.82. The molecular weight excluding hydrogens is 302 g/mol. The highest BCUT2D eigenvalue weighted by Crippen LogP contribution is 2.27. The monoisotopic (exact) mass is 321 g/mol. The molecule has 0 spiro atoms. The molecule has 0 radical (unpaired) electrons. The lowest BCUT2D eigenvalue weighted by molar-refractivity contribution is 0.210. The van der Waals surface area contributed by atoms with Crippen molar-refractivity contribution >= 4 is 17.6 Å². The Morgan fingerprint density at radius 2 is 1.67 bits per heavy atom. The predicted octanol–water partition coefficient (Wildman–Crippen LogP) is 4.87. The first kappa shape index (κ1) is 15.8. The largest absolute Gasteiger partial charge is 0.425 e. The number of hydrogen-bond donors (Lipinski definition) is 1. The Kier molecular flexibility index (Phi) is 4.61. The molecule has 1 aromatic heterocycles. The van der Waals surface area contributed by atoms with E-state index in [-0.39, 0.29) is 5.92 Å². The molecule has 0 fully saturated rings. The van der Waals surface area contributed by atoms with Crippen molar-refractivity contribution in [1.29, 1.82) is 0 Å². The van der Waals surface area contributed by atoms with Crippen molar-refractivity contribution in [3.8, 4) is 5.75 Å². The van der Waals surface area contributed by atoms with Crippen LogP contribution in [0.15, 0.2) is 66.7 Å². The second-order valence-electron chi connectivity index (χ2n) is 5.69. The molecule has 0 aliphatic rings. The van der Waals surface area contributed by atoms with Gasteiger partial charge in [-0.05, 0) is 30.2 Å². The van der Waals surface area contributed by atoms with E-state index < -0.39 is 6.09 Å². The Morgan fingerprint density at radius 1 is 1.04 bits per heavy atom. The second kappa shape index (κ2) is 7.00. The quantitative estimate of drug-likeness (QED) is 0.746. The van der Waals surface area contributed by atoms with E-state index in [1.165, 1.54) is 4.90 Å². The van der Waals surface area contributed by atoms with Crippen LogP contribution in [-0.4, -0.2) is 16.3 Å². The zero-order valence-electron chi connectivity index (χ0n) is 13.6. The molecule has 5 nitrogen and oxygen atoms in total. The smallest absolute Gasteiger partial charge is 0.410 e. The number of aromatic amines is 1. The highest BCUT2D eigenvalue weighted by Gasteiger charge is 2.23. The molecule has 24 heavy (non-hydrogen) atoms. The van der Waals surface area contributed by atoms with Crippen LogP contribution in [0, 0.1) is 0 Å². The van der Waals surface area contributed by atoms with Gasteiger partial charge in [-0.3, -0.25) is 5.10 Å². The van der Waals surface area contributed by atoms with Crippen molar-refractivity contribution in [2.45, 2.75) is 19.8 Å². The van der Waals surface area contributed by atoms with Gasteiger partial charge in [0.05, 0.1) is 5.69 Å². The number of hydrogen-bond acceptors (Lipinski definition) is 3. The van der Waals surface area contributed by atoms with Gasteiger partial charge in [-0.2, -0.15) is 5.10 Å². The molecule has 3 rings (SSSR count). The topological polar surface area (TPSA) is 58.2 Å². The number of para-hydroxylation sites is 2. The van der Waals surface area contributed by atoms with Crippen molar-refractivity contribution in [2.24, 2.45) is 0 Å². The van der Waals surface area contributed by atoms with Crippen LogP contribution in [-0.2, 0) is 0 Å². The molecule has 0 atom stereocenters. The lowest BCUT2D eigenvalue weighted by atomic mass is 10.1. The minimum Gasteiger partial charge on any atom is -0.410 e. The van der Waals surface area contributed by atoms with E-state index in [0.29, 0.717) is 17.3 Å². The van der Waals surface area contributed by atoms with Crippen molar-refractivity contribution in [3.05, 3.63) is 72.4 Å². The van der Waals surface area contributed by atoms with Gasteiger partial charge in [0, 0.05) is 11.8 Å². The van der Waals surface area contributed by atoms with Crippen LogP contribution >= 0.6 is 0 Å². The fraction of sp³-hybridized carbons (Fsp3) is 0.158. The molecule has 5 heteroatoms. The molecule has 1 N–H and O–H groups in total. The van der Waals surface area contributed by atoms with Crippen LogP contribution < -0.4 is 9.64 Å². The van der Waals surface area contributed by atoms with Gasteiger partial charge < -0.3 is 4.74 Å². The van der Waals surface area contributed by atoms with Gasteiger partial charge in [0.15, 0.2) is 5.82 Å². The highest BCUT2D eigenvalue weighted by atomic mass is 16.6. The van der Waals surface area contributed by atoms with Crippen LogP contribution in [0.3, 0.4) is 0 Å². The first-order chi connectivity index (χ1) is 11.6. The van der Waals surface area contributed by atoms with Gasteiger partial charge >= 0.3 is 6.09 Å². The fourth-order valence-electron chi connectivity index (χ4n) is 2.28. The number of amides is 1. The summed E-state index contributed by atoms with van der Waals surface area (Å²) in [6.07, 6.45) is -0.505. The van der Waals surface area contributed by atoms with Crippen molar-refractivity contribution < 1.29 is 9.53 Å². The molecule has 3 aromatic rings. The zero-order valence-corrected chi connectivity index (χ0v) is 13.6. The van der Waals surface area contributed by atoms with Gasteiger partial charge in [-0.1, -0.05) is 50.2 Å². The van der Waals surface area contributed by atoms with Gasteiger partial charge in [0.25, 0.3) is 0 Å². The Labute approximate surface area is 140 Å². The number of nitrogens with zero attached hydrogens (tertiary/aromatic N) is 2. The normalized spacial score (nSPS) is 10.6. The first-order valence-electron chi connectivity index (χ1n) is 7.82. The van der Waals surface area contributed by atoms with E-state index >= 15 is 0 Å².